The first-order chi connectivity index (χ1) is 7.65. The van der Waals surface area contributed by atoms with Gasteiger partial charge in [0.1, 0.15) is 5.75 Å². The van der Waals surface area contributed by atoms with Crippen molar-refractivity contribution in [2.45, 2.75) is 0 Å². The molecular weight excluding hydrogens is 210 g/mol. The van der Waals surface area contributed by atoms with Crippen molar-refractivity contribution in [1.29, 1.82) is 0 Å². The van der Waals surface area contributed by atoms with E-state index in [1.807, 2.05) is 0 Å². The monoisotopic (exact) mass is 217 g/mol. The van der Waals surface area contributed by atoms with E-state index >= 15 is 0 Å². The van der Waals surface area contributed by atoms with E-state index in [1.165, 1.54) is 30.3 Å². The number of nitro benzene ring substituents is 1. The third-order valence-electron chi connectivity index (χ3n) is 2.36. The van der Waals surface area contributed by atoms with Crippen molar-refractivity contribution in [3.63, 3.8) is 0 Å². The van der Waals surface area contributed by atoms with Crippen molar-refractivity contribution in [1.82, 2.24) is 0 Å². The molecule has 0 atom stereocenters. The Kier molecular flexibility index (Phi) is 2.28. The fourth-order valence-electron chi connectivity index (χ4n) is 1.60. The van der Waals surface area contributed by atoms with Crippen molar-refractivity contribution in [2.24, 2.45) is 0 Å². The zero-order chi connectivity index (χ0) is 11.7. The third-order valence-corrected chi connectivity index (χ3v) is 2.36. The zero-order valence-electron chi connectivity index (χ0n) is 8.08. The Balaban J connectivity index is 2.87. The van der Waals surface area contributed by atoms with Gasteiger partial charge in [0.2, 0.25) is 0 Å². The molecule has 0 bridgehead atoms. The fourth-order valence-corrected chi connectivity index (χ4v) is 1.60. The number of carbonyl (C=O) groups is 1. The van der Waals surface area contributed by atoms with Crippen molar-refractivity contribution >= 4 is 22.7 Å². The van der Waals surface area contributed by atoms with Crippen LogP contribution in [0.1, 0.15) is 10.4 Å². The smallest absolute Gasteiger partial charge is 0.277 e. The molecule has 0 fully saturated rings. The van der Waals surface area contributed by atoms with Crippen LogP contribution in [0.25, 0.3) is 10.8 Å². The molecule has 0 saturated carbocycles. The summed E-state index contributed by atoms with van der Waals surface area (Å²) in [5.74, 6) is -0.226. The van der Waals surface area contributed by atoms with E-state index in [2.05, 4.69) is 0 Å². The maximum Gasteiger partial charge on any atom is 0.277 e. The number of nitrogens with zero attached hydrogens (tertiary/aromatic N) is 1. The Bertz CT molecular complexity index is 592. The molecule has 5 nitrogen and oxygen atoms in total. The standard InChI is InChI=1S/C11H7NO4/c13-6-7-4-5-8-9(11(7)14)2-1-3-10(8)12(15)16/h1-6,14H. The topological polar surface area (TPSA) is 80.4 Å². The van der Waals surface area contributed by atoms with Crippen LogP contribution in [0.15, 0.2) is 30.3 Å². The minimum absolute atomic E-state index is 0.0924. The van der Waals surface area contributed by atoms with Crippen LogP contribution in [0.2, 0.25) is 0 Å². The Morgan fingerprint density at radius 2 is 1.94 bits per heavy atom. The van der Waals surface area contributed by atoms with E-state index in [9.17, 15) is 20.0 Å². The predicted octanol–water partition coefficient (Wildman–Crippen LogP) is 2.27. The zero-order valence-corrected chi connectivity index (χ0v) is 8.08. The maximum absolute atomic E-state index is 10.7. The number of aldehydes is 1. The first-order valence-corrected chi connectivity index (χ1v) is 4.49. The minimum atomic E-state index is -0.525. The highest BCUT2D eigenvalue weighted by Crippen LogP contribution is 2.33. The first kappa shape index (κ1) is 10.1. The molecule has 0 aliphatic rings. The Hall–Kier alpha value is -2.43. The summed E-state index contributed by atoms with van der Waals surface area (Å²) < 4.78 is 0. The number of phenols is 1. The number of non-ortho nitro benzene ring substituents is 1. The molecule has 5 heteroatoms. The second kappa shape index (κ2) is 3.62. The van der Waals surface area contributed by atoms with Gasteiger partial charge >= 0.3 is 0 Å². The maximum atomic E-state index is 10.7. The number of fused-ring (bicyclic) bond motifs is 1. The van der Waals surface area contributed by atoms with Crippen LogP contribution in [0.4, 0.5) is 5.69 Å². The summed E-state index contributed by atoms with van der Waals surface area (Å²) in [4.78, 5) is 20.8. The Morgan fingerprint density at radius 3 is 2.56 bits per heavy atom. The lowest BCUT2D eigenvalue weighted by atomic mass is 10.0. The molecule has 0 amide bonds. The van der Waals surface area contributed by atoms with Crippen LogP contribution in [-0.4, -0.2) is 16.3 Å². The largest absolute Gasteiger partial charge is 0.507 e. The van der Waals surface area contributed by atoms with Crippen molar-refractivity contribution in [3.8, 4) is 5.75 Å². The average Bonchev–Trinajstić information content (AvgIpc) is 2.29. The van der Waals surface area contributed by atoms with E-state index in [-0.39, 0.29) is 17.0 Å². The predicted molar refractivity (Wildman–Crippen MR) is 57.7 cm³/mol. The van der Waals surface area contributed by atoms with Gasteiger partial charge in [0.25, 0.3) is 5.69 Å². The summed E-state index contributed by atoms with van der Waals surface area (Å²) in [6.07, 6.45) is 0.508. The molecule has 0 saturated heterocycles. The number of nitro groups is 1. The number of benzene rings is 2. The molecule has 80 valence electrons. The number of aromatic hydroxyl groups is 1. The molecular formula is C11H7NO4. The quantitative estimate of drug-likeness (QED) is 0.475. The summed E-state index contributed by atoms with van der Waals surface area (Å²) in [7, 11) is 0. The summed E-state index contributed by atoms with van der Waals surface area (Å²) >= 11 is 0. The van der Waals surface area contributed by atoms with Crippen LogP contribution in [-0.2, 0) is 0 Å². The van der Waals surface area contributed by atoms with Crippen LogP contribution in [0.3, 0.4) is 0 Å². The van der Waals surface area contributed by atoms with E-state index in [0.717, 1.165) is 0 Å². The van der Waals surface area contributed by atoms with Gasteiger partial charge in [-0.25, -0.2) is 0 Å². The van der Waals surface area contributed by atoms with Gasteiger partial charge in [0.15, 0.2) is 6.29 Å². The van der Waals surface area contributed by atoms with E-state index in [4.69, 9.17) is 0 Å². The van der Waals surface area contributed by atoms with E-state index < -0.39 is 4.92 Å². The molecule has 0 unspecified atom stereocenters. The number of hydrogen-bond acceptors (Lipinski definition) is 4. The van der Waals surface area contributed by atoms with E-state index in [1.54, 1.807) is 0 Å². The highest BCUT2D eigenvalue weighted by atomic mass is 16.6. The lowest BCUT2D eigenvalue weighted by Gasteiger charge is -2.03. The molecule has 0 spiro atoms. The van der Waals surface area contributed by atoms with Gasteiger partial charge in [-0.15, -0.1) is 0 Å². The van der Waals surface area contributed by atoms with Crippen LogP contribution >= 0.6 is 0 Å². The van der Waals surface area contributed by atoms with Gasteiger partial charge in [-0.1, -0.05) is 12.1 Å². The van der Waals surface area contributed by atoms with Crippen molar-refractivity contribution in [3.05, 3.63) is 46.0 Å². The highest BCUT2D eigenvalue weighted by Gasteiger charge is 2.14. The van der Waals surface area contributed by atoms with Gasteiger partial charge in [0, 0.05) is 11.5 Å². The molecule has 1 N–H and O–H groups in total. The lowest BCUT2D eigenvalue weighted by molar-refractivity contribution is -0.383. The van der Waals surface area contributed by atoms with Crippen LogP contribution < -0.4 is 0 Å². The van der Waals surface area contributed by atoms with Gasteiger partial charge in [-0.05, 0) is 12.1 Å². The Labute approximate surface area is 90.1 Å². The average molecular weight is 217 g/mol. The van der Waals surface area contributed by atoms with Crippen molar-refractivity contribution in [2.75, 3.05) is 0 Å². The molecule has 0 aliphatic carbocycles. The van der Waals surface area contributed by atoms with Crippen LogP contribution in [0, 0.1) is 10.1 Å². The normalized spacial score (nSPS) is 10.2. The highest BCUT2D eigenvalue weighted by molar-refractivity contribution is 6.00. The second-order valence-corrected chi connectivity index (χ2v) is 3.25. The van der Waals surface area contributed by atoms with Gasteiger partial charge < -0.3 is 5.11 Å². The third kappa shape index (κ3) is 1.38. The number of hydrogen-bond donors (Lipinski definition) is 1. The second-order valence-electron chi connectivity index (χ2n) is 3.25. The summed E-state index contributed by atoms with van der Waals surface area (Å²) in [5.41, 5.74) is 0.0262. The van der Waals surface area contributed by atoms with Crippen LogP contribution in [0.5, 0.6) is 5.75 Å². The lowest BCUT2D eigenvalue weighted by Crippen LogP contribution is -1.90. The summed E-state index contributed by atoms with van der Waals surface area (Å²) in [6.45, 7) is 0. The summed E-state index contributed by atoms with van der Waals surface area (Å²) in [6, 6.07) is 7.16. The number of phenolic OH excluding ortho intramolecular Hbond substituents is 1. The minimum Gasteiger partial charge on any atom is -0.507 e. The SMILES string of the molecule is O=Cc1ccc2c([N+](=O)[O-])cccc2c1O. The van der Waals surface area contributed by atoms with Crippen molar-refractivity contribution < 1.29 is 14.8 Å². The summed E-state index contributed by atoms with van der Waals surface area (Å²) in [5, 5.41) is 21.1. The molecule has 2 rings (SSSR count). The van der Waals surface area contributed by atoms with Gasteiger partial charge in [0.05, 0.1) is 15.9 Å². The van der Waals surface area contributed by atoms with Gasteiger partial charge in [-0.3, -0.25) is 14.9 Å². The van der Waals surface area contributed by atoms with E-state index in [0.29, 0.717) is 17.1 Å². The molecule has 0 aromatic heterocycles. The number of carbonyl (C=O) groups excluding carboxylic acids is 1. The molecule has 0 heterocycles. The molecule has 2 aromatic rings. The molecule has 16 heavy (non-hydrogen) atoms. The molecule has 0 radical (unpaired) electrons. The first-order valence-electron chi connectivity index (χ1n) is 4.49. The van der Waals surface area contributed by atoms with Gasteiger partial charge in [-0.2, -0.15) is 0 Å². The fraction of sp³-hybridized carbons (Fsp3) is 0. The Morgan fingerprint density at radius 1 is 1.19 bits per heavy atom. The molecule has 0 aliphatic heterocycles. The molecule has 2 aromatic carbocycles. The number of rotatable bonds is 2.